The van der Waals surface area contributed by atoms with Crippen LogP contribution in [0.5, 0.6) is 0 Å². The monoisotopic (exact) mass is 260 g/mol. The number of hydrogen-bond donors (Lipinski definition) is 0. The van der Waals surface area contributed by atoms with Crippen LogP contribution in [0.1, 0.15) is 25.0 Å². The minimum Gasteiger partial charge on any atom is -0.368 e. The van der Waals surface area contributed by atoms with Gasteiger partial charge in [0.1, 0.15) is 0 Å². The van der Waals surface area contributed by atoms with Gasteiger partial charge >= 0.3 is 0 Å². The van der Waals surface area contributed by atoms with Gasteiger partial charge in [-0.05, 0) is 25.0 Å². The molecule has 0 aliphatic carbocycles. The molecule has 3 heteroatoms. The average Bonchev–Trinajstić information content (AvgIpc) is 2.38. The number of carbonyl (C=O) groups excluding carboxylic acids is 1. The highest BCUT2D eigenvalue weighted by atomic mass is 16.2. The van der Waals surface area contributed by atoms with Gasteiger partial charge in [0.15, 0.2) is 0 Å². The number of para-hydroxylation sites is 1. The van der Waals surface area contributed by atoms with Gasteiger partial charge in [0.2, 0.25) is 5.91 Å². The first-order valence-corrected chi connectivity index (χ1v) is 7.10. The van der Waals surface area contributed by atoms with E-state index in [1.807, 2.05) is 18.7 Å². The molecule has 1 fully saturated rings. The van der Waals surface area contributed by atoms with Gasteiger partial charge in [-0.15, -0.1) is 0 Å². The summed E-state index contributed by atoms with van der Waals surface area (Å²) in [6.07, 6.45) is 0. The van der Waals surface area contributed by atoms with E-state index >= 15 is 0 Å². The molecule has 0 radical (unpaired) electrons. The lowest BCUT2D eigenvalue weighted by Crippen LogP contribution is -2.50. The Hall–Kier alpha value is -1.51. The molecule has 0 aromatic heterocycles. The Morgan fingerprint density at radius 3 is 2.05 bits per heavy atom. The van der Waals surface area contributed by atoms with Crippen molar-refractivity contribution in [3.63, 3.8) is 0 Å². The van der Waals surface area contributed by atoms with Gasteiger partial charge in [0.25, 0.3) is 0 Å². The Bertz CT molecular complexity index is 440. The highest BCUT2D eigenvalue weighted by Crippen LogP contribution is 2.25. The fourth-order valence-corrected chi connectivity index (χ4v) is 2.82. The number of aryl methyl sites for hydroxylation is 2. The molecule has 0 bridgehead atoms. The molecule has 0 saturated carbocycles. The predicted octanol–water partition coefficient (Wildman–Crippen LogP) is 2.61. The molecule has 1 heterocycles. The molecule has 1 amide bonds. The number of rotatable bonds is 2. The van der Waals surface area contributed by atoms with Gasteiger partial charge < -0.3 is 9.80 Å². The number of anilines is 1. The van der Waals surface area contributed by atoms with Crippen molar-refractivity contribution in [2.24, 2.45) is 5.92 Å². The average molecular weight is 260 g/mol. The topological polar surface area (TPSA) is 23.6 Å². The number of amides is 1. The second kappa shape index (κ2) is 5.64. The van der Waals surface area contributed by atoms with Crippen molar-refractivity contribution in [2.45, 2.75) is 27.7 Å². The Kier molecular flexibility index (Phi) is 4.13. The number of hydrogen-bond acceptors (Lipinski definition) is 2. The molecule has 1 aromatic rings. The molecule has 19 heavy (non-hydrogen) atoms. The quantitative estimate of drug-likeness (QED) is 0.816. The summed E-state index contributed by atoms with van der Waals surface area (Å²) in [6.45, 7) is 11.8. The second-order valence-corrected chi connectivity index (χ2v) is 5.71. The van der Waals surface area contributed by atoms with Crippen LogP contribution in [0.25, 0.3) is 0 Å². The van der Waals surface area contributed by atoms with Crippen LogP contribution in [-0.4, -0.2) is 37.0 Å². The molecule has 1 aromatic carbocycles. The number of carbonyl (C=O) groups is 1. The van der Waals surface area contributed by atoms with Crippen molar-refractivity contribution >= 4 is 11.6 Å². The maximum absolute atomic E-state index is 12.0. The summed E-state index contributed by atoms with van der Waals surface area (Å²) in [5, 5.41) is 0. The van der Waals surface area contributed by atoms with E-state index in [9.17, 15) is 4.79 Å². The minimum absolute atomic E-state index is 0.103. The van der Waals surface area contributed by atoms with Gasteiger partial charge in [-0.3, -0.25) is 4.79 Å². The number of benzene rings is 1. The van der Waals surface area contributed by atoms with Crippen LogP contribution >= 0.6 is 0 Å². The molecule has 0 unspecified atom stereocenters. The van der Waals surface area contributed by atoms with Crippen LogP contribution < -0.4 is 4.90 Å². The van der Waals surface area contributed by atoms with Crippen molar-refractivity contribution in [3.8, 4) is 0 Å². The molecule has 0 atom stereocenters. The molecule has 0 N–H and O–H groups in total. The van der Waals surface area contributed by atoms with E-state index in [2.05, 4.69) is 36.9 Å². The first kappa shape index (κ1) is 13.9. The largest absolute Gasteiger partial charge is 0.368 e. The zero-order valence-corrected chi connectivity index (χ0v) is 12.4. The van der Waals surface area contributed by atoms with E-state index in [0.717, 1.165) is 26.2 Å². The number of nitrogens with zero attached hydrogens (tertiary/aromatic N) is 2. The van der Waals surface area contributed by atoms with Crippen molar-refractivity contribution in [3.05, 3.63) is 29.3 Å². The normalized spacial score (nSPS) is 16.1. The molecule has 1 saturated heterocycles. The Morgan fingerprint density at radius 2 is 1.58 bits per heavy atom. The molecule has 104 valence electrons. The zero-order valence-electron chi connectivity index (χ0n) is 12.4. The summed E-state index contributed by atoms with van der Waals surface area (Å²) < 4.78 is 0. The number of piperazine rings is 1. The molecule has 1 aliphatic heterocycles. The van der Waals surface area contributed by atoms with E-state index < -0.39 is 0 Å². The van der Waals surface area contributed by atoms with Gasteiger partial charge in [-0.2, -0.15) is 0 Å². The fraction of sp³-hybridized carbons (Fsp3) is 0.562. The van der Waals surface area contributed by atoms with Crippen LogP contribution in [-0.2, 0) is 4.79 Å². The van der Waals surface area contributed by atoms with Gasteiger partial charge in [-0.25, -0.2) is 0 Å². The van der Waals surface area contributed by atoms with Gasteiger partial charge in [0.05, 0.1) is 0 Å². The predicted molar refractivity (Wildman–Crippen MR) is 79.5 cm³/mol. The second-order valence-electron chi connectivity index (χ2n) is 5.71. The van der Waals surface area contributed by atoms with E-state index in [0.29, 0.717) is 0 Å². The van der Waals surface area contributed by atoms with Crippen LogP contribution in [0.15, 0.2) is 18.2 Å². The highest BCUT2D eigenvalue weighted by molar-refractivity contribution is 5.78. The molecule has 3 nitrogen and oxygen atoms in total. The first-order valence-electron chi connectivity index (χ1n) is 7.10. The van der Waals surface area contributed by atoms with Crippen molar-refractivity contribution in [1.82, 2.24) is 4.90 Å². The van der Waals surface area contributed by atoms with Crippen LogP contribution in [0.3, 0.4) is 0 Å². The summed E-state index contributed by atoms with van der Waals surface area (Å²) in [6, 6.07) is 6.43. The maximum atomic E-state index is 12.0. The molecular formula is C16H24N2O. The summed E-state index contributed by atoms with van der Waals surface area (Å²) in [5.74, 6) is 0.382. The third-order valence-electron chi connectivity index (χ3n) is 3.84. The highest BCUT2D eigenvalue weighted by Gasteiger charge is 2.24. The molecular weight excluding hydrogens is 236 g/mol. The summed E-state index contributed by atoms with van der Waals surface area (Å²) in [5.41, 5.74) is 3.99. The lowest BCUT2D eigenvalue weighted by Gasteiger charge is -2.38. The van der Waals surface area contributed by atoms with Gasteiger partial charge in [0, 0.05) is 37.8 Å². The van der Waals surface area contributed by atoms with E-state index in [4.69, 9.17) is 0 Å². The third-order valence-corrected chi connectivity index (χ3v) is 3.84. The molecule has 1 aliphatic rings. The van der Waals surface area contributed by atoms with Crippen molar-refractivity contribution in [2.75, 3.05) is 31.1 Å². The standard InChI is InChI=1S/C16H24N2O/c1-12(2)16(19)18-10-8-17(9-11-18)15-13(3)6-5-7-14(15)4/h5-7,12H,8-11H2,1-4H3. The van der Waals surface area contributed by atoms with E-state index in [-0.39, 0.29) is 11.8 Å². The Labute approximate surface area is 116 Å². The minimum atomic E-state index is 0.103. The Balaban J connectivity index is 2.06. The van der Waals surface area contributed by atoms with E-state index in [1.165, 1.54) is 16.8 Å². The molecule has 2 rings (SSSR count). The summed E-state index contributed by atoms with van der Waals surface area (Å²) in [4.78, 5) is 16.4. The smallest absolute Gasteiger partial charge is 0.225 e. The van der Waals surface area contributed by atoms with Crippen molar-refractivity contribution < 1.29 is 4.79 Å². The lowest BCUT2D eigenvalue weighted by atomic mass is 10.1. The van der Waals surface area contributed by atoms with E-state index in [1.54, 1.807) is 0 Å². The van der Waals surface area contributed by atoms with Crippen molar-refractivity contribution in [1.29, 1.82) is 0 Å². The first-order chi connectivity index (χ1) is 9.00. The summed E-state index contributed by atoms with van der Waals surface area (Å²) >= 11 is 0. The maximum Gasteiger partial charge on any atom is 0.225 e. The summed E-state index contributed by atoms with van der Waals surface area (Å²) in [7, 11) is 0. The fourth-order valence-electron chi connectivity index (χ4n) is 2.82. The van der Waals surface area contributed by atoms with Crippen LogP contribution in [0, 0.1) is 19.8 Å². The zero-order chi connectivity index (χ0) is 14.0. The molecule has 0 spiro atoms. The van der Waals surface area contributed by atoms with Crippen LogP contribution in [0.2, 0.25) is 0 Å². The van der Waals surface area contributed by atoms with Crippen LogP contribution in [0.4, 0.5) is 5.69 Å². The Morgan fingerprint density at radius 1 is 1.05 bits per heavy atom. The lowest BCUT2D eigenvalue weighted by molar-refractivity contribution is -0.134. The van der Waals surface area contributed by atoms with Gasteiger partial charge in [-0.1, -0.05) is 32.0 Å². The SMILES string of the molecule is Cc1cccc(C)c1N1CCN(C(=O)C(C)C)CC1. The third kappa shape index (κ3) is 2.91.